The van der Waals surface area contributed by atoms with Gasteiger partial charge in [0.05, 0.1) is 6.10 Å². The Morgan fingerprint density at radius 1 is 1.30 bits per heavy atom. The maximum atomic E-state index is 12.0. The number of carbonyl (C=O) groups is 1. The minimum absolute atomic E-state index is 0.241. The predicted octanol–water partition coefficient (Wildman–Crippen LogP) is 3.34. The number of ether oxygens (including phenoxy) is 1. The van der Waals surface area contributed by atoms with Crippen molar-refractivity contribution in [1.82, 2.24) is 4.90 Å². The van der Waals surface area contributed by atoms with Crippen molar-refractivity contribution in [3.63, 3.8) is 0 Å². The molecule has 5 heteroatoms. The number of amides is 1. The van der Waals surface area contributed by atoms with Crippen LogP contribution in [-0.4, -0.2) is 34.8 Å². The average molecular weight is 320 g/mol. The fourth-order valence-corrected chi connectivity index (χ4v) is 2.85. The SMILES string of the molecule is CC(C)(C)OC(=O)N1CCC(CC(O)c2ccc(N)cc2)CC1. The van der Waals surface area contributed by atoms with Gasteiger partial charge in [-0.15, -0.1) is 0 Å². The number of hydrogen-bond donors (Lipinski definition) is 2. The molecular weight excluding hydrogens is 292 g/mol. The molecule has 23 heavy (non-hydrogen) atoms. The minimum Gasteiger partial charge on any atom is -0.444 e. The molecule has 0 aromatic heterocycles. The molecule has 1 aromatic carbocycles. The molecule has 3 N–H and O–H groups in total. The van der Waals surface area contributed by atoms with Crippen molar-refractivity contribution in [2.45, 2.75) is 51.7 Å². The van der Waals surface area contributed by atoms with Gasteiger partial charge in [-0.2, -0.15) is 0 Å². The van der Waals surface area contributed by atoms with Crippen LogP contribution in [0.25, 0.3) is 0 Å². The van der Waals surface area contributed by atoms with E-state index in [0.29, 0.717) is 31.1 Å². The van der Waals surface area contributed by atoms with E-state index in [2.05, 4.69) is 0 Å². The van der Waals surface area contributed by atoms with Crippen molar-refractivity contribution in [2.75, 3.05) is 18.8 Å². The van der Waals surface area contributed by atoms with E-state index < -0.39 is 11.7 Å². The molecule has 0 bridgehead atoms. The van der Waals surface area contributed by atoms with Crippen LogP contribution in [0.4, 0.5) is 10.5 Å². The molecular formula is C18H28N2O3. The summed E-state index contributed by atoms with van der Waals surface area (Å²) in [5.74, 6) is 0.418. The van der Waals surface area contributed by atoms with Gasteiger partial charge in [-0.1, -0.05) is 12.1 Å². The Balaban J connectivity index is 1.80. The Bertz CT molecular complexity index is 514. The average Bonchev–Trinajstić information content (AvgIpc) is 2.46. The molecule has 0 radical (unpaired) electrons. The first-order chi connectivity index (χ1) is 10.7. The quantitative estimate of drug-likeness (QED) is 0.838. The van der Waals surface area contributed by atoms with Gasteiger partial charge in [-0.25, -0.2) is 4.79 Å². The second-order valence-electron chi connectivity index (χ2n) is 7.33. The summed E-state index contributed by atoms with van der Waals surface area (Å²) in [4.78, 5) is 13.8. The lowest BCUT2D eigenvalue weighted by Crippen LogP contribution is -2.41. The minimum atomic E-state index is -0.478. The Kier molecular flexibility index (Phi) is 5.52. The third-order valence-corrected chi connectivity index (χ3v) is 4.14. The standard InChI is InChI=1S/C18H28N2O3/c1-18(2,3)23-17(22)20-10-8-13(9-11-20)12-16(21)14-4-6-15(19)7-5-14/h4-7,13,16,21H,8-12,19H2,1-3H3. The number of carbonyl (C=O) groups excluding carboxylic acids is 1. The zero-order valence-electron chi connectivity index (χ0n) is 14.3. The van der Waals surface area contributed by atoms with Crippen LogP contribution in [-0.2, 0) is 4.74 Å². The second kappa shape index (κ2) is 7.21. The van der Waals surface area contributed by atoms with Gasteiger partial charge in [0, 0.05) is 18.8 Å². The van der Waals surface area contributed by atoms with Gasteiger partial charge < -0.3 is 20.5 Å². The van der Waals surface area contributed by atoms with Gasteiger partial charge in [0.15, 0.2) is 0 Å². The van der Waals surface area contributed by atoms with E-state index in [1.54, 1.807) is 4.90 Å². The molecule has 0 spiro atoms. The van der Waals surface area contributed by atoms with Crippen molar-refractivity contribution in [2.24, 2.45) is 5.92 Å². The number of rotatable bonds is 3. The summed E-state index contributed by atoms with van der Waals surface area (Å²) in [6.45, 7) is 7.00. The molecule has 1 aromatic rings. The highest BCUT2D eigenvalue weighted by Gasteiger charge is 2.27. The molecule has 128 valence electrons. The monoisotopic (exact) mass is 320 g/mol. The van der Waals surface area contributed by atoms with Gasteiger partial charge in [0.25, 0.3) is 0 Å². The number of piperidine rings is 1. The topological polar surface area (TPSA) is 75.8 Å². The molecule has 1 fully saturated rings. The van der Waals surface area contributed by atoms with Crippen molar-refractivity contribution >= 4 is 11.8 Å². The lowest BCUT2D eigenvalue weighted by molar-refractivity contribution is 0.0161. The largest absolute Gasteiger partial charge is 0.444 e. The van der Waals surface area contributed by atoms with Crippen molar-refractivity contribution < 1.29 is 14.6 Å². The highest BCUT2D eigenvalue weighted by molar-refractivity contribution is 5.68. The number of nitrogen functional groups attached to an aromatic ring is 1. The van der Waals surface area contributed by atoms with Gasteiger partial charge in [-0.3, -0.25) is 0 Å². The van der Waals surface area contributed by atoms with Crippen LogP contribution in [0.3, 0.4) is 0 Å². The third kappa shape index (κ3) is 5.43. The molecule has 1 saturated heterocycles. The molecule has 0 saturated carbocycles. The molecule has 1 aliphatic rings. The smallest absolute Gasteiger partial charge is 0.410 e. The maximum absolute atomic E-state index is 12.0. The summed E-state index contributed by atoms with van der Waals surface area (Å²) in [5, 5.41) is 10.3. The van der Waals surface area contributed by atoms with Crippen LogP contribution in [0.1, 0.15) is 51.7 Å². The van der Waals surface area contributed by atoms with Crippen LogP contribution in [0.15, 0.2) is 24.3 Å². The number of hydrogen-bond acceptors (Lipinski definition) is 4. The second-order valence-corrected chi connectivity index (χ2v) is 7.33. The Hall–Kier alpha value is -1.75. The number of anilines is 1. The first-order valence-corrected chi connectivity index (χ1v) is 8.26. The maximum Gasteiger partial charge on any atom is 0.410 e. The highest BCUT2D eigenvalue weighted by Crippen LogP contribution is 2.29. The fourth-order valence-electron chi connectivity index (χ4n) is 2.85. The van der Waals surface area contributed by atoms with Crippen LogP contribution in [0.5, 0.6) is 0 Å². The van der Waals surface area contributed by atoms with Crippen molar-refractivity contribution in [3.05, 3.63) is 29.8 Å². The highest BCUT2D eigenvalue weighted by atomic mass is 16.6. The number of aliphatic hydroxyl groups excluding tert-OH is 1. The van der Waals surface area contributed by atoms with Gasteiger partial charge in [0.2, 0.25) is 0 Å². The molecule has 1 aliphatic heterocycles. The summed E-state index contributed by atoms with van der Waals surface area (Å²) < 4.78 is 5.40. The Morgan fingerprint density at radius 2 is 1.87 bits per heavy atom. The Morgan fingerprint density at radius 3 is 2.39 bits per heavy atom. The Labute approximate surface area is 138 Å². The number of benzene rings is 1. The summed E-state index contributed by atoms with van der Waals surface area (Å²) in [7, 11) is 0. The molecule has 0 aliphatic carbocycles. The molecule has 1 amide bonds. The summed E-state index contributed by atoms with van der Waals surface area (Å²) >= 11 is 0. The number of aliphatic hydroxyl groups is 1. The zero-order chi connectivity index (χ0) is 17.0. The van der Waals surface area contributed by atoms with E-state index in [9.17, 15) is 9.90 Å². The van der Waals surface area contributed by atoms with Crippen molar-refractivity contribution in [1.29, 1.82) is 0 Å². The van der Waals surface area contributed by atoms with Gasteiger partial charge in [-0.05, 0) is 63.6 Å². The molecule has 1 heterocycles. The fraction of sp³-hybridized carbons (Fsp3) is 0.611. The number of nitrogens with two attached hydrogens (primary N) is 1. The van der Waals surface area contributed by atoms with Crippen LogP contribution < -0.4 is 5.73 Å². The first-order valence-electron chi connectivity index (χ1n) is 8.26. The molecule has 1 atom stereocenters. The predicted molar refractivity (Wildman–Crippen MR) is 91.0 cm³/mol. The van der Waals surface area contributed by atoms with E-state index in [4.69, 9.17) is 10.5 Å². The summed E-state index contributed by atoms with van der Waals surface area (Å²) in [6, 6.07) is 7.36. The summed E-state index contributed by atoms with van der Waals surface area (Å²) in [5.41, 5.74) is 6.81. The third-order valence-electron chi connectivity index (χ3n) is 4.14. The van der Waals surface area contributed by atoms with E-state index in [0.717, 1.165) is 18.4 Å². The van der Waals surface area contributed by atoms with E-state index in [1.807, 2.05) is 45.0 Å². The van der Waals surface area contributed by atoms with Crippen LogP contribution in [0, 0.1) is 5.92 Å². The van der Waals surface area contributed by atoms with Crippen LogP contribution >= 0.6 is 0 Å². The van der Waals surface area contributed by atoms with Crippen molar-refractivity contribution in [3.8, 4) is 0 Å². The molecule has 1 unspecified atom stereocenters. The van der Waals surface area contributed by atoms with Gasteiger partial charge in [0.1, 0.15) is 5.60 Å². The molecule has 5 nitrogen and oxygen atoms in total. The normalized spacial score (nSPS) is 17.8. The lowest BCUT2D eigenvalue weighted by atomic mass is 9.89. The lowest BCUT2D eigenvalue weighted by Gasteiger charge is -2.34. The molecule has 2 rings (SSSR count). The number of likely N-dealkylation sites (tertiary alicyclic amines) is 1. The number of nitrogens with zero attached hydrogens (tertiary/aromatic N) is 1. The zero-order valence-corrected chi connectivity index (χ0v) is 14.3. The van der Waals surface area contributed by atoms with E-state index >= 15 is 0 Å². The van der Waals surface area contributed by atoms with Crippen LogP contribution in [0.2, 0.25) is 0 Å². The van der Waals surface area contributed by atoms with Gasteiger partial charge >= 0.3 is 6.09 Å². The van der Waals surface area contributed by atoms with E-state index in [1.165, 1.54) is 0 Å². The summed E-state index contributed by atoms with van der Waals surface area (Å²) in [6.07, 6.45) is 1.78. The van der Waals surface area contributed by atoms with E-state index in [-0.39, 0.29) is 6.09 Å². The first kappa shape index (κ1) is 17.6.